The number of hydrogen-bond acceptors (Lipinski definition) is 7. The van der Waals surface area contributed by atoms with E-state index in [0.29, 0.717) is 34.5 Å². The molecule has 2 amide bonds. The predicted octanol–water partition coefficient (Wildman–Crippen LogP) is 3.85. The largest absolute Gasteiger partial charge is 0.334 e. The molecule has 4 atom stereocenters. The Balaban J connectivity index is 1.24. The zero-order valence-corrected chi connectivity index (χ0v) is 16.9. The maximum absolute atomic E-state index is 13.0. The fraction of sp³-hybridized carbons (Fsp3) is 0.304. The van der Waals surface area contributed by atoms with Gasteiger partial charge in [0.05, 0.1) is 22.4 Å². The summed E-state index contributed by atoms with van der Waals surface area (Å²) in [5.74, 6) is 0.841. The maximum atomic E-state index is 13.0. The number of carbonyl (C=O) groups excluding carboxylic acids is 2. The third kappa shape index (κ3) is 2.70. The van der Waals surface area contributed by atoms with Gasteiger partial charge in [-0.3, -0.25) is 24.6 Å². The van der Waals surface area contributed by atoms with E-state index in [2.05, 4.69) is 10.1 Å². The van der Waals surface area contributed by atoms with Crippen molar-refractivity contribution in [2.24, 2.45) is 23.7 Å². The van der Waals surface area contributed by atoms with E-state index in [9.17, 15) is 19.7 Å². The summed E-state index contributed by atoms with van der Waals surface area (Å²) >= 11 is 0. The Morgan fingerprint density at radius 3 is 2.09 bits per heavy atom. The molecule has 0 N–H and O–H groups in total. The van der Waals surface area contributed by atoms with Gasteiger partial charge in [-0.1, -0.05) is 5.16 Å². The van der Waals surface area contributed by atoms with E-state index in [1.165, 1.54) is 17.0 Å². The van der Waals surface area contributed by atoms with Crippen LogP contribution in [0.1, 0.15) is 19.3 Å². The molecule has 2 bridgehead atoms. The minimum absolute atomic E-state index is 0.0174. The Bertz CT molecular complexity index is 1220. The van der Waals surface area contributed by atoms with Gasteiger partial charge in [0.2, 0.25) is 17.6 Å². The number of hydrogen-bond donors (Lipinski definition) is 0. The van der Waals surface area contributed by atoms with E-state index in [1.807, 2.05) is 0 Å². The van der Waals surface area contributed by atoms with Crippen LogP contribution in [0.2, 0.25) is 0 Å². The number of rotatable bonds is 4. The molecule has 160 valence electrons. The first-order chi connectivity index (χ1) is 15.5. The molecule has 2 heterocycles. The van der Waals surface area contributed by atoms with Crippen molar-refractivity contribution in [3.8, 4) is 22.8 Å². The van der Waals surface area contributed by atoms with Crippen LogP contribution >= 0.6 is 0 Å². The van der Waals surface area contributed by atoms with E-state index in [4.69, 9.17) is 4.52 Å². The molecular weight excluding hydrogens is 412 g/mol. The number of nitrogens with zero attached hydrogens (tertiary/aromatic N) is 4. The average Bonchev–Trinajstić information content (AvgIpc) is 3.58. The van der Waals surface area contributed by atoms with E-state index in [0.717, 1.165) is 19.3 Å². The van der Waals surface area contributed by atoms with Gasteiger partial charge >= 0.3 is 0 Å². The van der Waals surface area contributed by atoms with E-state index in [1.54, 1.807) is 36.4 Å². The molecule has 3 fully saturated rings. The summed E-state index contributed by atoms with van der Waals surface area (Å²) < 4.78 is 5.34. The topological polar surface area (TPSA) is 119 Å². The number of aromatic nitrogens is 2. The summed E-state index contributed by atoms with van der Waals surface area (Å²) in [4.78, 5) is 42.0. The number of non-ortho nitro benzene ring substituents is 1. The molecule has 3 aliphatic rings. The van der Waals surface area contributed by atoms with E-state index < -0.39 is 4.92 Å². The number of fused-ring (bicyclic) bond motifs is 5. The average molecular weight is 430 g/mol. The molecule has 0 radical (unpaired) electrons. The first-order valence-corrected chi connectivity index (χ1v) is 10.6. The zero-order valence-electron chi connectivity index (χ0n) is 16.9. The quantitative estimate of drug-likeness (QED) is 0.350. The van der Waals surface area contributed by atoms with E-state index in [-0.39, 0.29) is 35.2 Å². The lowest BCUT2D eigenvalue weighted by atomic mass is 9.81. The molecule has 9 nitrogen and oxygen atoms in total. The van der Waals surface area contributed by atoms with Gasteiger partial charge in [-0.2, -0.15) is 4.98 Å². The summed E-state index contributed by atoms with van der Waals surface area (Å²) in [6.07, 6.45) is 3.10. The Morgan fingerprint density at radius 2 is 1.50 bits per heavy atom. The molecule has 1 aliphatic heterocycles. The van der Waals surface area contributed by atoms with Crippen LogP contribution in [-0.2, 0) is 9.59 Å². The molecule has 2 saturated carbocycles. The van der Waals surface area contributed by atoms with Crippen molar-refractivity contribution in [3.05, 3.63) is 58.6 Å². The number of benzene rings is 2. The molecule has 32 heavy (non-hydrogen) atoms. The Morgan fingerprint density at radius 1 is 0.906 bits per heavy atom. The summed E-state index contributed by atoms with van der Waals surface area (Å²) in [5.41, 5.74) is 1.79. The normalized spacial score (nSPS) is 26.1. The second-order valence-electron chi connectivity index (χ2n) is 8.67. The van der Waals surface area contributed by atoms with Crippen molar-refractivity contribution in [1.29, 1.82) is 0 Å². The van der Waals surface area contributed by atoms with Gasteiger partial charge in [0, 0.05) is 23.3 Å². The number of nitro groups is 1. The number of carbonyl (C=O) groups is 2. The van der Waals surface area contributed by atoms with Crippen LogP contribution in [-0.4, -0.2) is 26.9 Å². The minimum Gasteiger partial charge on any atom is -0.334 e. The van der Waals surface area contributed by atoms with Crippen molar-refractivity contribution in [2.45, 2.75) is 19.3 Å². The lowest BCUT2D eigenvalue weighted by Crippen LogP contribution is -2.32. The number of amides is 2. The van der Waals surface area contributed by atoms with Crippen molar-refractivity contribution in [3.63, 3.8) is 0 Å². The monoisotopic (exact) mass is 430 g/mol. The molecule has 0 unspecified atom stereocenters. The van der Waals surface area contributed by atoms with Crippen LogP contribution in [0.4, 0.5) is 11.4 Å². The van der Waals surface area contributed by atoms with Crippen LogP contribution in [0, 0.1) is 33.8 Å². The Hall–Kier alpha value is -3.88. The zero-order chi connectivity index (χ0) is 22.0. The summed E-state index contributed by atoms with van der Waals surface area (Å²) in [5, 5.41) is 14.8. The molecule has 1 aromatic heterocycles. The molecule has 2 aromatic carbocycles. The van der Waals surface area contributed by atoms with Crippen molar-refractivity contribution in [2.75, 3.05) is 4.90 Å². The van der Waals surface area contributed by atoms with Crippen LogP contribution in [0.15, 0.2) is 53.1 Å². The summed E-state index contributed by atoms with van der Waals surface area (Å²) in [6, 6.07) is 12.8. The van der Waals surface area contributed by atoms with Gasteiger partial charge in [-0.05, 0) is 67.5 Å². The second kappa shape index (κ2) is 6.81. The van der Waals surface area contributed by atoms with Gasteiger partial charge in [-0.25, -0.2) is 0 Å². The Kier molecular flexibility index (Phi) is 4.01. The fourth-order valence-corrected chi connectivity index (χ4v) is 5.61. The second-order valence-corrected chi connectivity index (χ2v) is 8.67. The number of anilines is 1. The SMILES string of the molecule is O=C1[C@@H]2[C@@H]3CC[C@H](C3)[C@@H]2C(=O)N1c1ccc(-c2nc(-c3ccc([N+](=O)[O-])cc3)no2)cc1. The van der Waals surface area contributed by atoms with Gasteiger partial charge < -0.3 is 4.52 Å². The van der Waals surface area contributed by atoms with Gasteiger partial charge in [-0.15, -0.1) is 0 Å². The highest BCUT2D eigenvalue weighted by atomic mass is 16.6. The lowest BCUT2D eigenvalue weighted by molar-refractivity contribution is -0.384. The summed E-state index contributed by atoms with van der Waals surface area (Å²) in [6.45, 7) is 0. The van der Waals surface area contributed by atoms with Crippen molar-refractivity contribution < 1.29 is 19.0 Å². The first-order valence-electron chi connectivity index (χ1n) is 10.6. The van der Waals surface area contributed by atoms with Crippen molar-refractivity contribution in [1.82, 2.24) is 10.1 Å². The molecule has 1 saturated heterocycles. The third-order valence-electron chi connectivity index (χ3n) is 7.06. The summed E-state index contributed by atoms with van der Waals surface area (Å²) in [7, 11) is 0. The molecule has 6 rings (SSSR count). The number of nitro benzene ring substituents is 1. The fourth-order valence-electron chi connectivity index (χ4n) is 5.61. The van der Waals surface area contributed by atoms with Crippen LogP contribution in [0.3, 0.4) is 0 Å². The predicted molar refractivity (Wildman–Crippen MR) is 112 cm³/mol. The lowest BCUT2D eigenvalue weighted by Gasteiger charge is -2.19. The molecule has 9 heteroatoms. The minimum atomic E-state index is -0.471. The number of imide groups is 1. The smallest absolute Gasteiger partial charge is 0.269 e. The van der Waals surface area contributed by atoms with Crippen LogP contribution in [0.5, 0.6) is 0 Å². The molecular formula is C23H18N4O5. The molecule has 0 spiro atoms. The van der Waals surface area contributed by atoms with E-state index >= 15 is 0 Å². The standard InChI is InChI=1S/C23H18N4O5/c28-22-18-14-1-2-15(11-14)19(18)23(29)26(22)16-7-5-13(6-8-16)21-24-20(25-32-21)12-3-9-17(10-4-12)27(30)31/h3-10,14-15,18-19H,1-2,11H2/t14-,15-,18-,19+/m1/s1. The van der Waals surface area contributed by atoms with Crippen LogP contribution in [0.25, 0.3) is 22.8 Å². The Labute approximate surface area is 182 Å². The highest BCUT2D eigenvalue weighted by Gasteiger charge is 2.61. The van der Waals surface area contributed by atoms with Crippen molar-refractivity contribution >= 4 is 23.2 Å². The maximum Gasteiger partial charge on any atom is 0.269 e. The highest BCUT2D eigenvalue weighted by molar-refractivity contribution is 6.22. The van der Waals surface area contributed by atoms with Crippen LogP contribution < -0.4 is 4.90 Å². The van der Waals surface area contributed by atoms with Gasteiger partial charge in [0.15, 0.2) is 0 Å². The highest BCUT2D eigenvalue weighted by Crippen LogP contribution is 2.56. The first kappa shape index (κ1) is 18.9. The molecule has 3 aromatic rings. The van der Waals surface area contributed by atoms with Gasteiger partial charge in [0.25, 0.3) is 11.6 Å². The molecule has 2 aliphatic carbocycles. The third-order valence-corrected chi connectivity index (χ3v) is 7.06. The van der Waals surface area contributed by atoms with Gasteiger partial charge in [0.1, 0.15) is 0 Å².